The molecule has 0 aliphatic rings. The van der Waals surface area contributed by atoms with Gasteiger partial charge in [-0.05, 0) is 24.1 Å². The van der Waals surface area contributed by atoms with E-state index in [1.165, 1.54) is 0 Å². The predicted molar refractivity (Wildman–Crippen MR) is 87.2 cm³/mol. The van der Waals surface area contributed by atoms with Gasteiger partial charge in [-0.2, -0.15) is 0 Å². The molecule has 3 N–H and O–H groups in total. The number of aliphatic carboxylic acids is 2. The Hall–Kier alpha value is -3.15. The second-order valence-corrected chi connectivity index (χ2v) is 5.02. The highest BCUT2D eigenvalue weighted by Crippen LogP contribution is 2.19. The van der Waals surface area contributed by atoms with Crippen LogP contribution >= 0.6 is 0 Å². The van der Waals surface area contributed by atoms with Crippen LogP contribution in [0.15, 0.2) is 54.6 Å². The minimum absolute atomic E-state index is 0.377. The van der Waals surface area contributed by atoms with Gasteiger partial charge in [0, 0.05) is 0 Å². The van der Waals surface area contributed by atoms with Crippen LogP contribution in [0.2, 0.25) is 0 Å². The second kappa shape index (κ2) is 9.09. The Labute approximate surface area is 139 Å². The number of hydrogen-bond acceptors (Lipinski definition) is 3. The zero-order valence-corrected chi connectivity index (χ0v) is 13.0. The summed E-state index contributed by atoms with van der Waals surface area (Å²) >= 11 is 0. The zero-order valence-electron chi connectivity index (χ0n) is 13.0. The molecule has 0 aliphatic heterocycles. The van der Waals surface area contributed by atoms with Gasteiger partial charge in [0.25, 0.3) is 0 Å². The third kappa shape index (κ3) is 5.92. The molecule has 0 aliphatic carbocycles. The van der Waals surface area contributed by atoms with Crippen LogP contribution in [0.3, 0.4) is 0 Å². The van der Waals surface area contributed by atoms with Crippen LogP contribution in [0.25, 0.3) is 0 Å². The molecule has 0 aromatic heterocycles. The number of hydrogen-bond donors (Lipinski definition) is 3. The molecule has 6 heteroatoms. The molecule has 0 saturated heterocycles. The third-order valence-electron chi connectivity index (χ3n) is 3.25. The first-order valence-corrected chi connectivity index (χ1v) is 7.11. The molecular weight excluding hydrogens is 312 g/mol. The molecule has 1 atom stereocenters. The first-order chi connectivity index (χ1) is 11.3. The molecular formula is C18H18O6. The molecule has 0 fully saturated rings. The van der Waals surface area contributed by atoms with Crippen LogP contribution in [0.1, 0.15) is 33.8 Å². The lowest BCUT2D eigenvalue weighted by Crippen LogP contribution is -2.15. The standard InChI is InChI=1S/C10H10O4.C8H8O2/c11-9(12)6-8(10(13)14)7-4-2-1-3-5-7;1-6-4-2-3-5-7(6)8(9)10/h1-5,8H,6H2,(H,11,12)(H,13,14);2-5H,1H3,(H,9,10)/t8-;/m0./s1. The van der Waals surface area contributed by atoms with Crippen molar-refractivity contribution in [2.45, 2.75) is 19.3 Å². The molecule has 0 bridgehead atoms. The Morgan fingerprint density at radius 3 is 1.83 bits per heavy atom. The fourth-order valence-electron chi connectivity index (χ4n) is 2.02. The average molecular weight is 330 g/mol. The second-order valence-electron chi connectivity index (χ2n) is 5.02. The Morgan fingerprint density at radius 2 is 1.42 bits per heavy atom. The van der Waals surface area contributed by atoms with Gasteiger partial charge in [0.2, 0.25) is 0 Å². The number of carboxylic acid groups (broad SMARTS) is 3. The largest absolute Gasteiger partial charge is 0.481 e. The minimum atomic E-state index is -1.11. The van der Waals surface area contributed by atoms with E-state index < -0.39 is 23.8 Å². The molecule has 2 aromatic rings. The lowest BCUT2D eigenvalue weighted by molar-refractivity contribution is -0.145. The lowest BCUT2D eigenvalue weighted by Gasteiger charge is -2.09. The number of carboxylic acids is 3. The fraction of sp³-hybridized carbons (Fsp3) is 0.167. The number of aryl methyl sites for hydroxylation is 1. The maximum atomic E-state index is 10.8. The number of rotatable bonds is 5. The summed E-state index contributed by atoms with van der Waals surface area (Å²) in [5.41, 5.74) is 1.69. The Morgan fingerprint density at radius 1 is 0.875 bits per heavy atom. The van der Waals surface area contributed by atoms with E-state index in [-0.39, 0.29) is 6.42 Å². The van der Waals surface area contributed by atoms with Crippen LogP contribution in [0.5, 0.6) is 0 Å². The SMILES string of the molecule is Cc1ccccc1C(=O)O.O=C(O)C[C@H](C(=O)O)c1ccccc1. The molecule has 0 heterocycles. The summed E-state index contributed by atoms with van der Waals surface area (Å²) in [5, 5.41) is 25.9. The number of aromatic carboxylic acids is 1. The molecule has 6 nitrogen and oxygen atoms in total. The number of benzene rings is 2. The first kappa shape index (κ1) is 18.9. The van der Waals surface area contributed by atoms with Gasteiger partial charge in [-0.15, -0.1) is 0 Å². The van der Waals surface area contributed by atoms with Crippen molar-refractivity contribution >= 4 is 17.9 Å². The van der Waals surface area contributed by atoms with Crippen LogP contribution in [0.4, 0.5) is 0 Å². The summed E-state index contributed by atoms with van der Waals surface area (Å²) in [6, 6.07) is 15.3. The van der Waals surface area contributed by atoms with E-state index in [1.54, 1.807) is 55.5 Å². The van der Waals surface area contributed by atoms with Gasteiger partial charge in [-0.3, -0.25) is 9.59 Å². The van der Waals surface area contributed by atoms with Crippen molar-refractivity contribution in [1.29, 1.82) is 0 Å². The fourth-order valence-corrected chi connectivity index (χ4v) is 2.02. The lowest BCUT2D eigenvalue weighted by atomic mass is 9.96. The summed E-state index contributed by atoms with van der Waals surface area (Å²) < 4.78 is 0. The normalized spacial score (nSPS) is 10.9. The van der Waals surface area contributed by atoms with Crippen LogP contribution in [-0.4, -0.2) is 33.2 Å². The van der Waals surface area contributed by atoms with E-state index in [1.807, 2.05) is 6.07 Å². The van der Waals surface area contributed by atoms with E-state index in [0.29, 0.717) is 11.1 Å². The molecule has 126 valence electrons. The molecule has 2 aromatic carbocycles. The summed E-state index contributed by atoms with van der Waals surface area (Å²) in [6.45, 7) is 1.78. The van der Waals surface area contributed by atoms with E-state index in [2.05, 4.69) is 0 Å². The summed E-state index contributed by atoms with van der Waals surface area (Å²) in [5.74, 6) is -4.05. The smallest absolute Gasteiger partial charge is 0.335 e. The van der Waals surface area contributed by atoms with Gasteiger partial charge in [-0.1, -0.05) is 48.5 Å². The summed E-state index contributed by atoms with van der Waals surface area (Å²) in [6.07, 6.45) is -0.390. The van der Waals surface area contributed by atoms with Crippen molar-refractivity contribution in [3.05, 3.63) is 71.3 Å². The first-order valence-electron chi connectivity index (χ1n) is 7.11. The molecule has 0 saturated carbocycles. The maximum Gasteiger partial charge on any atom is 0.335 e. The van der Waals surface area contributed by atoms with Crippen molar-refractivity contribution in [1.82, 2.24) is 0 Å². The molecule has 24 heavy (non-hydrogen) atoms. The van der Waals surface area contributed by atoms with Crippen molar-refractivity contribution in [3.8, 4) is 0 Å². The van der Waals surface area contributed by atoms with Crippen molar-refractivity contribution < 1.29 is 29.7 Å². The topological polar surface area (TPSA) is 112 Å². The van der Waals surface area contributed by atoms with Crippen LogP contribution in [0, 0.1) is 6.92 Å². The summed E-state index contributed by atoms with van der Waals surface area (Å²) in [7, 11) is 0. The van der Waals surface area contributed by atoms with Gasteiger partial charge < -0.3 is 15.3 Å². The van der Waals surface area contributed by atoms with Gasteiger partial charge in [0.15, 0.2) is 0 Å². The highest BCUT2D eigenvalue weighted by atomic mass is 16.4. The van der Waals surface area contributed by atoms with E-state index >= 15 is 0 Å². The molecule has 0 amide bonds. The quantitative estimate of drug-likeness (QED) is 0.777. The highest BCUT2D eigenvalue weighted by Gasteiger charge is 2.22. The monoisotopic (exact) mass is 330 g/mol. The number of carbonyl (C=O) groups is 3. The Balaban J connectivity index is 0.000000254. The van der Waals surface area contributed by atoms with Gasteiger partial charge in [0.1, 0.15) is 0 Å². The third-order valence-corrected chi connectivity index (χ3v) is 3.25. The molecule has 0 radical (unpaired) electrons. The van der Waals surface area contributed by atoms with Gasteiger partial charge in [0.05, 0.1) is 17.9 Å². The van der Waals surface area contributed by atoms with E-state index in [9.17, 15) is 14.4 Å². The Kier molecular flexibility index (Phi) is 7.16. The zero-order chi connectivity index (χ0) is 18.1. The molecule has 0 unspecified atom stereocenters. The minimum Gasteiger partial charge on any atom is -0.481 e. The highest BCUT2D eigenvalue weighted by molar-refractivity contribution is 5.89. The van der Waals surface area contributed by atoms with Gasteiger partial charge in [-0.25, -0.2) is 4.79 Å². The van der Waals surface area contributed by atoms with E-state index in [0.717, 1.165) is 5.56 Å². The van der Waals surface area contributed by atoms with Crippen molar-refractivity contribution in [3.63, 3.8) is 0 Å². The summed E-state index contributed by atoms with van der Waals surface area (Å²) in [4.78, 5) is 31.6. The van der Waals surface area contributed by atoms with Crippen molar-refractivity contribution in [2.75, 3.05) is 0 Å². The molecule has 0 spiro atoms. The van der Waals surface area contributed by atoms with E-state index in [4.69, 9.17) is 15.3 Å². The Bertz CT molecular complexity index is 708. The van der Waals surface area contributed by atoms with Gasteiger partial charge >= 0.3 is 17.9 Å². The predicted octanol–water partition coefficient (Wildman–Crippen LogP) is 3.02. The average Bonchev–Trinajstić information content (AvgIpc) is 2.54. The maximum absolute atomic E-state index is 10.8. The molecule has 2 rings (SSSR count). The van der Waals surface area contributed by atoms with Crippen LogP contribution < -0.4 is 0 Å². The van der Waals surface area contributed by atoms with Crippen molar-refractivity contribution in [2.24, 2.45) is 0 Å². The van der Waals surface area contributed by atoms with Crippen LogP contribution in [-0.2, 0) is 9.59 Å².